The Bertz CT molecular complexity index is 2390. The predicted molar refractivity (Wildman–Crippen MR) is 180 cm³/mol. The van der Waals surface area contributed by atoms with Crippen LogP contribution in [0.1, 0.15) is 0 Å². The van der Waals surface area contributed by atoms with Crippen molar-refractivity contribution >= 4 is 64.0 Å². The molecular weight excluding hydrogens is 529 g/mol. The van der Waals surface area contributed by atoms with Crippen molar-refractivity contribution in [3.63, 3.8) is 0 Å². The Kier molecular flexibility index (Phi) is 5.13. The molecule has 9 aromatic rings. The second kappa shape index (κ2) is 9.17. The molecule has 2 heteroatoms. The average Bonchev–Trinajstić information content (AvgIpc) is 3.64. The molecule has 0 saturated heterocycles. The molecule has 0 N–H and O–H groups in total. The number of thiophene rings is 1. The third kappa shape index (κ3) is 3.43. The van der Waals surface area contributed by atoms with E-state index in [4.69, 9.17) is 4.42 Å². The molecule has 0 saturated carbocycles. The van der Waals surface area contributed by atoms with Gasteiger partial charge in [0.15, 0.2) is 0 Å². The van der Waals surface area contributed by atoms with Gasteiger partial charge < -0.3 is 4.42 Å². The van der Waals surface area contributed by atoms with Crippen molar-refractivity contribution in [2.75, 3.05) is 0 Å². The fourth-order valence-electron chi connectivity index (χ4n) is 6.73. The molecule has 2 heterocycles. The van der Waals surface area contributed by atoms with Crippen LogP contribution in [0.15, 0.2) is 150 Å². The summed E-state index contributed by atoms with van der Waals surface area (Å²) in [4.78, 5) is 0. The van der Waals surface area contributed by atoms with Gasteiger partial charge in [0.2, 0.25) is 0 Å². The summed E-state index contributed by atoms with van der Waals surface area (Å²) < 4.78 is 8.75. The fraction of sp³-hybridized carbons (Fsp3) is 0. The minimum Gasteiger partial charge on any atom is -0.464 e. The molecule has 1 nitrogen and oxygen atoms in total. The lowest BCUT2D eigenvalue weighted by atomic mass is 9.85. The first-order valence-corrected chi connectivity index (χ1v) is 15.1. The Labute approximate surface area is 246 Å². The Morgan fingerprint density at radius 3 is 1.67 bits per heavy atom. The molecule has 9 rings (SSSR count). The van der Waals surface area contributed by atoms with Crippen LogP contribution in [0.5, 0.6) is 0 Å². The smallest absolute Gasteiger partial charge is 0.135 e. The highest BCUT2D eigenvalue weighted by Gasteiger charge is 2.20. The van der Waals surface area contributed by atoms with E-state index in [1.54, 1.807) is 0 Å². The highest BCUT2D eigenvalue weighted by molar-refractivity contribution is 7.26. The molecule has 42 heavy (non-hydrogen) atoms. The largest absolute Gasteiger partial charge is 0.464 e. The Morgan fingerprint density at radius 1 is 0.405 bits per heavy atom. The molecule has 0 bridgehead atoms. The van der Waals surface area contributed by atoms with Crippen LogP contribution in [-0.2, 0) is 0 Å². The van der Waals surface area contributed by atoms with E-state index in [9.17, 15) is 0 Å². The first kappa shape index (κ1) is 23.5. The maximum Gasteiger partial charge on any atom is 0.135 e. The lowest BCUT2D eigenvalue weighted by molar-refractivity contribution is 0.617. The quantitative estimate of drug-likeness (QED) is 0.199. The first-order valence-electron chi connectivity index (χ1n) is 14.3. The molecule has 0 aliphatic heterocycles. The molecule has 0 aliphatic rings. The number of fused-ring (bicyclic) bond motifs is 6. The van der Waals surface area contributed by atoms with Crippen molar-refractivity contribution in [3.05, 3.63) is 146 Å². The molecule has 7 aromatic carbocycles. The van der Waals surface area contributed by atoms with Gasteiger partial charge in [0, 0.05) is 31.1 Å². The SMILES string of the molecule is c1ccc(-c2coc3cc4c(cc23)sc2cccc(-c3c5ccccc5c(-c5ccccc5)c5ccccc35)c24)cc1. The van der Waals surface area contributed by atoms with Crippen LogP contribution in [0, 0.1) is 0 Å². The van der Waals surface area contributed by atoms with Crippen LogP contribution in [0.2, 0.25) is 0 Å². The number of hydrogen-bond acceptors (Lipinski definition) is 2. The highest BCUT2D eigenvalue weighted by atomic mass is 32.1. The number of rotatable bonds is 3. The van der Waals surface area contributed by atoms with Gasteiger partial charge in [-0.15, -0.1) is 11.3 Å². The summed E-state index contributed by atoms with van der Waals surface area (Å²) in [5.41, 5.74) is 8.32. The maximum absolute atomic E-state index is 6.19. The second-order valence-electron chi connectivity index (χ2n) is 10.8. The van der Waals surface area contributed by atoms with Gasteiger partial charge in [0.1, 0.15) is 5.58 Å². The van der Waals surface area contributed by atoms with Gasteiger partial charge in [-0.1, -0.05) is 121 Å². The second-order valence-corrected chi connectivity index (χ2v) is 11.9. The van der Waals surface area contributed by atoms with E-state index >= 15 is 0 Å². The van der Waals surface area contributed by atoms with Gasteiger partial charge in [-0.25, -0.2) is 0 Å². The molecule has 0 unspecified atom stereocenters. The summed E-state index contributed by atoms with van der Waals surface area (Å²) in [6.45, 7) is 0. The molecule has 0 atom stereocenters. The molecule has 0 spiro atoms. The van der Waals surface area contributed by atoms with Gasteiger partial charge in [-0.2, -0.15) is 0 Å². The van der Waals surface area contributed by atoms with E-state index in [1.165, 1.54) is 69.5 Å². The minimum absolute atomic E-state index is 0.921. The van der Waals surface area contributed by atoms with Crippen LogP contribution in [-0.4, -0.2) is 0 Å². The zero-order valence-electron chi connectivity index (χ0n) is 22.7. The lowest BCUT2D eigenvalue weighted by Gasteiger charge is -2.18. The normalized spacial score (nSPS) is 11.8. The van der Waals surface area contributed by atoms with E-state index in [-0.39, 0.29) is 0 Å². The van der Waals surface area contributed by atoms with Crippen molar-refractivity contribution in [3.8, 4) is 33.4 Å². The van der Waals surface area contributed by atoms with E-state index in [2.05, 4.69) is 140 Å². The standard InChI is InChI=1S/C40H24OS/c1-3-12-25(13-4-1)34-24-41-35-22-33-37(23-32(34)35)42-36-21-11-20-31(40(33)36)39-29-18-9-7-16-27(29)38(26-14-5-2-6-15-26)28-17-8-10-19-30(28)39/h1-24H. The Morgan fingerprint density at radius 2 is 1.00 bits per heavy atom. The summed E-state index contributed by atoms with van der Waals surface area (Å²) in [6, 6.07) is 50.4. The van der Waals surface area contributed by atoms with Gasteiger partial charge in [-0.05, 0) is 67.6 Å². The summed E-state index contributed by atoms with van der Waals surface area (Å²) in [7, 11) is 0. The van der Waals surface area contributed by atoms with Crippen molar-refractivity contribution in [1.29, 1.82) is 0 Å². The van der Waals surface area contributed by atoms with Crippen LogP contribution in [0.25, 0.3) is 86.1 Å². The third-order valence-electron chi connectivity index (χ3n) is 8.54. The Hall–Kier alpha value is -5.18. The first-order chi connectivity index (χ1) is 20.8. The number of furan rings is 1. The molecule has 0 radical (unpaired) electrons. The maximum atomic E-state index is 6.19. The van der Waals surface area contributed by atoms with Crippen LogP contribution >= 0.6 is 11.3 Å². The lowest BCUT2D eigenvalue weighted by Crippen LogP contribution is -1.91. The molecule has 196 valence electrons. The van der Waals surface area contributed by atoms with Crippen molar-refractivity contribution in [2.24, 2.45) is 0 Å². The van der Waals surface area contributed by atoms with E-state index in [1.807, 2.05) is 17.6 Å². The third-order valence-corrected chi connectivity index (χ3v) is 9.66. The monoisotopic (exact) mass is 552 g/mol. The average molecular weight is 553 g/mol. The Balaban J connectivity index is 1.39. The summed E-state index contributed by atoms with van der Waals surface area (Å²) >= 11 is 1.86. The van der Waals surface area contributed by atoms with Crippen LogP contribution in [0.3, 0.4) is 0 Å². The molecule has 2 aromatic heterocycles. The summed E-state index contributed by atoms with van der Waals surface area (Å²) in [5.74, 6) is 0. The highest BCUT2D eigenvalue weighted by Crippen LogP contribution is 2.48. The molecular formula is C40H24OS. The van der Waals surface area contributed by atoms with Gasteiger partial charge in [0.05, 0.1) is 6.26 Å². The summed E-state index contributed by atoms with van der Waals surface area (Å²) in [5, 5.41) is 8.78. The van der Waals surface area contributed by atoms with E-state index < -0.39 is 0 Å². The van der Waals surface area contributed by atoms with Crippen molar-refractivity contribution in [2.45, 2.75) is 0 Å². The molecule has 0 aliphatic carbocycles. The predicted octanol–water partition coefficient (Wildman–Crippen LogP) is 12.1. The minimum atomic E-state index is 0.921. The van der Waals surface area contributed by atoms with Gasteiger partial charge in [-0.3, -0.25) is 0 Å². The zero-order valence-corrected chi connectivity index (χ0v) is 23.5. The number of benzene rings is 7. The van der Waals surface area contributed by atoms with Crippen molar-refractivity contribution < 1.29 is 4.42 Å². The van der Waals surface area contributed by atoms with Crippen molar-refractivity contribution in [1.82, 2.24) is 0 Å². The zero-order chi connectivity index (χ0) is 27.6. The fourth-order valence-corrected chi connectivity index (χ4v) is 7.88. The molecule has 0 fully saturated rings. The van der Waals surface area contributed by atoms with Gasteiger partial charge in [0.25, 0.3) is 0 Å². The summed E-state index contributed by atoms with van der Waals surface area (Å²) in [6.07, 6.45) is 1.90. The molecule has 0 amide bonds. The van der Waals surface area contributed by atoms with E-state index in [0.29, 0.717) is 0 Å². The number of hydrogen-bond donors (Lipinski definition) is 0. The van der Waals surface area contributed by atoms with Crippen LogP contribution < -0.4 is 0 Å². The topological polar surface area (TPSA) is 13.1 Å². The van der Waals surface area contributed by atoms with Crippen LogP contribution in [0.4, 0.5) is 0 Å². The van der Waals surface area contributed by atoms with E-state index in [0.717, 1.165) is 16.5 Å². The van der Waals surface area contributed by atoms with Gasteiger partial charge >= 0.3 is 0 Å².